The Labute approximate surface area is 153 Å². The zero-order chi connectivity index (χ0) is 18.6. The molecule has 4 rings (SSSR count). The monoisotopic (exact) mass is 366 g/mol. The Balaban J connectivity index is 1.68. The van der Waals surface area contributed by atoms with E-state index in [1.165, 1.54) is 6.07 Å². The van der Waals surface area contributed by atoms with Crippen LogP contribution in [0.25, 0.3) is 11.3 Å². The Hall–Kier alpha value is -3.75. The predicted octanol–water partition coefficient (Wildman–Crippen LogP) is 4.04. The summed E-state index contributed by atoms with van der Waals surface area (Å²) in [6.45, 7) is 2.51. The van der Waals surface area contributed by atoms with Gasteiger partial charge in [0, 0.05) is 5.69 Å². The van der Waals surface area contributed by atoms with Gasteiger partial charge in [0.1, 0.15) is 11.6 Å². The summed E-state index contributed by atoms with van der Waals surface area (Å²) < 4.78 is 24.1. The van der Waals surface area contributed by atoms with Gasteiger partial charge >= 0.3 is 0 Å². The second-order valence-corrected chi connectivity index (χ2v) is 5.52. The molecule has 0 bridgehead atoms. The van der Waals surface area contributed by atoms with Crippen LogP contribution in [0.2, 0.25) is 0 Å². The highest BCUT2D eigenvalue weighted by molar-refractivity contribution is 5.79. The molecule has 8 nitrogen and oxygen atoms in total. The van der Waals surface area contributed by atoms with Crippen molar-refractivity contribution in [1.82, 2.24) is 20.3 Å². The lowest BCUT2D eigenvalue weighted by Crippen LogP contribution is -2.04. The van der Waals surface area contributed by atoms with Gasteiger partial charge in [0.05, 0.1) is 12.3 Å². The smallest absolute Gasteiger partial charge is 0.245 e. The number of anilines is 4. The molecule has 2 heterocycles. The van der Waals surface area contributed by atoms with Crippen molar-refractivity contribution in [2.45, 2.75) is 6.92 Å². The minimum absolute atomic E-state index is 0.214. The highest BCUT2D eigenvalue weighted by Gasteiger charge is 2.14. The molecule has 0 saturated carbocycles. The first-order chi connectivity index (χ1) is 13.2. The average molecular weight is 366 g/mol. The minimum Gasteiger partial charge on any atom is -0.494 e. The van der Waals surface area contributed by atoms with Crippen LogP contribution in [-0.4, -0.2) is 26.9 Å². The normalized spacial score (nSPS) is 10.7. The number of ether oxygens (including phenoxy) is 1. The van der Waals surface area contributed by atoms with E-state index in [9.17, 15) is 4.39 Å². The lowest BCUT2D eigenvalue weighted by Gasteiger charge is -2.12. The first-order valence-corrected chi connectivity index (χ1v) is 8.24. The maximum atomic E-state index is 14.0. The molecule has 0 spiro atoms. The number of para-hydroxylation sites is 1. The molecule has 9 heteroatoms. The summed E-state index contributed by atoms with van der Waals surface area (Å²) in [5, 5.41) is 13.5. The fraction of sp³-hybridized carbons (Fsp3) is 0.111. The minimum atomic E-state index is -0.412. The van der Waals surface area contributed by atoms with Crippen molar-refractivity contribution in [1.29, 1.82) is 0 Å². The summed E-state index contributed by atoms with van der Waals surface area (Å²) in [6, 6.07) is 13.6. The Kier molecular flexibility index (Phi) is 4.48. The number of benzene rings is 2. The van der Waals surface area contributed by atoms with E-state index in [2.05, 4.69) is 35.5 Å². The zero-order valence-electron chi connectivity index (χ0n) is 14.3. The largest absolute Gasteiger partial charge is 0.494 e. The quantitative estimate of drug-likeness (QED) is 0.528. The van der Waals surface area contributed by atoms with E-state index in [0.29, 0.717) is 12.4 Å². The van der Waals surface area contributed by atoms with Gasteiger partial charge in [-0.15, -0.1) is 0 Å². The fourth-order valence-electron chi connectivity index (χ4n) is 2.44. The second kappa shape index (κ2) is 7.24. The van der Waals surface area contributed by atoms with Crippen molar-refractivity contribution < 1.29 is 13.8 Å². The number of nitrogens with zero attached hydrogens (tertiary/aromatic N) is 4. The average Bonchev–Trinajstić information content (AvgIpc) is 3.13. The zero-order valence-corrected chi connectivity index (χ0v) is 14.3. The van der Waals surface area contributed by atoms with E-state index in [1.807, 2.05) is 31.2 Å². The molecule has 0 fully saturated rings. The third-order valence-corrected chi connectivity index (χ3v) is 3.67. The van der Waals surface area contributed by atoms with Crippen LogP contribution in [0, 0.1) is 5.82 Å². The van der Waals surface area contributed by atoms with E-state index in [4.69, 9.17) is 4.74 Å². The van der Waals surface area contributed by atoms with Gasteiger partial charge in [0.25, 0.3) is 0 Å². The molecule has 2 N–H and O–H groups in total. The van der Waals surface area contributed by atoms with E-state index in [-0.39, 0.29) is 22.8 Å². The van der Waals surface area contributed by atoms with Crippen molar-refractivity contribution in [2.24, 2.45) is 0 Å². The number of fused-ring (bicyclic) bond motifs is 1. The number of hydrogen-bond donors (Lipinski definition) is 2. The SMILES string of the molecule is CCOc1ccc(Nc2nc3nonc3nc2Nc2ccccc2F)cc1. The molecule has 0 aliphatic carbocycles. The topological polar surface area (TPSA) is 98.0 Å². The highest BCUT2D eigenvalue weighted by atomic mass is 19.1. The lowest BCUT2D eigenvalue weighted by molar-refractivity contribution is 0.314. The molecule has 0 amide bonds. The van der Waals surface area contributed by atoms with Gasteiger partial charge < -0.3 is 15.4 Å². The van der Waals surface area contributed by atoms with Crippen LogP contribution in [0.1, 0.15) is 6.92 Å². The molecular weight excluding hydrogens is 351 g/mol. The molecule has 0 aliphatic rings. The van der Waals surface area contributed by atoms with Gasteiger partial charge in [0.2, 0.25) is 11.3 Å². The summed E-state index contributed by atoms with van der Waals surface area (Å²) in [5.74, 6) is 0.988. The van der Waals surface area contributed by atoms with Crippen molar-refractivity contribution in [3.05, 3.63) is 54.3 Å². The summed E-state index contributed by atoms with van der Waals surface area (Å²) >= 11 is 0. The van der Waals surface area contributed by atoms with Crippen LogP contribution < -0.4 is 15.4 Å². The molecule has 136 valence electrons. The number of halogens is 1. The molecular formula is C18H15FN6O2. The van der Waals surface area contributed by atoms with Gasteiger partial charge in [-0.3, -0.25) is 0 Å². The van der Waals surface area contributed by atoms with Crippen LogP contribution >= 0.6 is 0 Å². The van der Waals surface area contributed by atoms with Gasteiger partial charge in [-0.1, -0.05) is 12.1 Å². The summed E-state index contributed by atoms with van der Waals surface area (Å²) in [4.78, 5) is 8.68. The molecule has 2 aromatic carbocycles. The number of hydrogen-bond acceptors (Lipinski definition) is 8. The van der Waals surface area contributed by atoms with Crippen LogP contribution in [0.5, 0.6) is 5.75 Å². The van der Waals surface area contributed by atoms with Gasteiger partial charge in [-0.25, -0.2) is 19.0 Å². The van der Waals surface area contributed by atoms with Crippen LogP contribution in [-0.2, 0) is 0 Å². The molecule has 0 saturated heterocycles. The Bertz CT molecular complexity index is 1070. The van der Waals surface area contributed by atoms with Crippen LogP contribution in [0.15, 0.2) is 53.2 Å². The maximum Gasteiger partial charge on any atom is 0.245 e. The highest BCUT2D eigenvalue weighted by Crippen LogP contribution is 2.28. The first kappa shape index (κ1) is 16.7. The maximum absolute atomic E-state index is 14.0. The predicted molar refractivity (Wildman–Crippen MR) is 98.0 cm³/mol. The number of aromatic nitrogens is 4. The van der Waals surface area contributed by atoms with Crippen LogP contribution in [0.3, 0.4) is 0 Å². The molecule has 0 aliphatic heterocycles. The third-order valence-electron chi connectivity index (χ3n) is 3.67. The molecule has 27 heavy (non-hydrogen) atoms. The van der Waals surface area contributed by atoms with E-state index in [1.54, 1.807) is 18.2 Å². The molecule has 4 aromatic rings. The van der Waals surface area contributed by atoms with E-state index >= 15 is 0 Å². The number of rotatable bonds is 6. The van der Waals surface area contributed by atoms with Gasteiger partial charge in [-0.2, -0.15) is 0 Å². The Morgan fingerprint density at radius 3 is 2.26 bits per heavy atom. The summed E-state index contributed by atoms with van der Waals surface area (Å²) in [5.41, 5.74) is 1.46. The Morgan fingerprint density at radius 2 is 1.59 bits per heavy atom. The third kappa shape index (κ3) is 3.61. The van der Waals surface area contributed by atoms with Crippen LogP contribution in [0.4, 0.5) is 27.4 Å². The number of nitrogens with one attached hydrogen (secondary N) is 2. The fourth-order valence-corrected chi connectivity index (χ4v) is 2.44. The molecule has 0 atom stereocenters. The molecule has 0 radical (unpaired) electrons. The van der Waals surface area contributed by atoms with Crippen molar-refractivity contribution in [2.75, 3.05) is 17.2 Å². The second-order valence-electron chi connectivity index (χ2n) is 5.52. The van der Waals surface area contributed by atoms with Crippen molar-refractivity contribution in [3.8, 4) is 5.75 Å². The first-order valence-electron chi connectivity index (χ1n) is 8.24. The van der Waals surface area contributed by atoms with E-state index in [0.717, 1.165) is 11.4 Å². The van der Waals surface area contributed by atoms with Gasteiger partial charge in [0.15, 0.2) is 11.6 Å². The van der Waals surface area contributed by atoms with Crippen molar-refractivity contribution >= 4 is 34.3 Å². The van der Waals surface area contributed by atoms with E-state index < -0.39 is 5.82 Å². The Morgan fingerprint density at radius 1 is 0.926 bits per heavy atom. The summed E-state index contributed by atoms with van der Waals surface area (Å²) in [7, 11) is 0. The summed E-state index contributed by atoms with van der Waals surface area (Å²) in [6.07, 6.45) is 0. The molecule has 0 unspecified atom stereocenters. The van der Waals surface area contributed by atoms with Crippen molar-refractivity contribution in [3.63, 3.8) is 0 Å². The lowest BCUT2D eigenvalue weighted by atomic mass is 10.3. The van der Waals surface area contributed by atoms with Gasteiger partial charge in [-0.05, 0) is 53.6 Å². The molecule has 2 aromatic heterocycles. The standard InChI is InChI=1S/C18H15FN6O2/c1-2-26-12-9-7-11(8-10-12)20-15-16(21-14-6-4-3-5-13(14)19)23-18-17(22-15)24-27-25-18/h3-10H,2H2,1H3,(H,20,22,24)(H,21,23,25).